The topological polar surface area (TPSA) is 195 Å². The zero-order chi connectivity index (χ0) is 51.2. The van der Waals surface area contributed by atoms with Gasteiger partial charge < -0.3 is 61.2 Å². The summed E-state index contributed by atoms with van der Waals surface area (Å²) in [6.07, 6.45) is 23.5. The van der Waals surface area contributed by atoms with Crippen LogP contribution in [-0.2, 0) is 33.2 Å². The Kier molecular flexibility index (Phi) is 31.3. The average molecular weight is 1020 g/mol. The van der Waals surface area contributed by atoms with Crippen molar-refractivity contribution in [1.82, 2.24) is 15.5 Å². The van der Waals surface area contributed by atoms with Gasteiger partial charge in [0.05, 0.1) is 58.0 Å². The van der Waals surface area contributed by atoms with Crippen LogP contribution in [0.25, 0.3) is 0 Å². The van der Waals surface area contributed by atoms with Crippen LogP contribution in [0.15, 0.2) is 0 Å². The van der Waals surface area contributed by atoms with Gasteiger partial charge in [0.25, 0.3) is 0 Å². The predicted molar refractivity (Wildman–Crippen MR) is 291 cm³/mol. The fourth-order valence-corrected chi connectivity index (χ4v) is 14.6. The van der Waals surface area contributed by atoms with Gasteiger partial charge in [-0.25, -0.2) is 4.79 Å². The highest BCUT2D eigenvalue weighted by molar-refractivity contribution is 6.33. The fraction of sp³-hybridized carbons (Fsp3) is 0.964. The number of ether oxygens (including phenoxy) is 6. The van der Waals surface area contributed by atoms with E-state index >= 15 is 0 Å². The number of nitrogens with zero attached hydrogens (tertiary/aromatic N) is 1. The number of amides is 3. The molecule has 3 amide bonds. The molecule has 4 rings (SSSR count). The monoisotopic (exact) mass is 1020 g/mol. The Bertz CT molecular complexity index is 1410. The summed E-state index contributed by atoms with van der Waals surface area (Å²) in [6, 6.07) is 1.33. The lowest BCUT2D eigenvalue weighted by atomic mass is 9.43. The summed E-state index contributed by atoms with van der Waals surface area (Å²) in [7, 11) is 0.0982. The van der Waals surface area contributed by atoms with E-state index in [-0.39, 0.29) is 44.5 Å². The molecular formula is C56H110N6O8Si. The number of fused-ring (bicyclic) bond motifs is 5. The molecular weight excluding hydrogens is 913 g/mol. The number of carbonyl (C=O) groups is 2. The largest absolute Gasteiger partial charge is 0.378 e. The molecule has 4 aliphatic carbocycles. The molecule has 11 atom stereocenters. The molecule has 0 heterocycles. The van der Waals surface area contributed by atoms with E-state index in [0.29, 0.717) is 120 Å². The van der Waals surface area contributed by atoms with Crippen LogP contribution in [0.2, 0.25) is 12.6 Å². The number of hydrogen-bond acceptors (Lipinski definition) is 11. The zero-order valence-electron chi connectivity index (χ0n) is 46.2. The van der Waals surface area contributed by atoms with Crippen LogP contribution in [0.3, 0.4) is 0 Å². The van der Waals surface area contributed by atoms with Gasteiger partial charge in [0.15, 0.2) is 0 Å². The van der Waals surface area contributed by atoms with E-state index in [9.17, 15) is 9.59 Å². The Labute approximate surface area is 435 Å². The lowest BCUT2D eigenvalue weighted by Gasteiger charge is -2.65. The summed E-state index contributed by atoms with van der Waals surface area (Å²) in [5.41, 5.74) is 18.2. The van der Waals surface area contributed by atoms with E-state index in [1.807, 2.05) is 0 Å². The molecule has 4 aliphatic rings. The first kappa shape index (κ1) is 62.1. The molecule has 0 unspecified atom stereocenters. The number of unbranched alkanes of at least 4 members (excludes halogenated alkanes) is 6. The minimum atomic E-state index is 0.0119. The number of urea groups is 1. The molecule has 71 heavy (non-hydrogen) atoms. The second-order valence-electron chi connectivity index (χ2n) is 22.6. The van der Waals surface area contributed by atoms with Crippen molar-refractivity contribution in [3.05, 3.63) is 0 Å². The normalized spacial score (nSPS) is 28.7. The molecule has 0 aromatic rings. The minimum Gasteiger partial charge on any atom is -0.378 e. The first-order chi connectivity index (χ1) is 34.6. The van der Waals surface area contributed by atoms with E-state index in [1.165, 1.54) is 57.4 Å². The molecule has 0 aromatic carbocycles. The van der Waals surface area contributed by atoms with Crippen molar-refractivity contribution in [3.63, 3.8) is 0 Å². The Morgan fingerprint density at radius 1 is 0.676 bits per heavy atom. The first-order valence-electron chi connectivity index (χ1n) is 29.6. The van der Waals surface area contributed by atoms with Gasteiger partial charge in [-0.2, -0.15) is 0 Å². The predicted octanol–water partition coefficient (Wildman–Crippen LogP) is 7.83. The molecule has 4 fully saturated rings. The Morgan fingerprint density at radius 2 is 1.31 bits per heavy atom. The molecule has 8 N–H and O–H groups in total. The Morgan fingerprint density at radius 3 is 2.00 bits per heavy atom. The van der Waals surface area contributed by atoms with Crippen molar-refractivity contribution >= 4 is 21.5 Å². The third kappa shape index (κ3) is 20.2. The molecule has 0 saturated heterocycles. The summed E-state index contributed by atoms with van der Waals surface area (Å²) in [5.74, 6) is 3.32. The van der Waals surface area contributed by atoms with Crippen molar-refractivity contribution in [2.45, 2.75) is 193 Å². The Hall–Kier alpha value is -1.40. The van der Waals surface area contributed by atoms with Crippen LogP contribution >= 0.6 is 0 Å². The third-order valence-electron chi connectivity index (χ3n) is 17.7. The molecule has 0 spiro atoms. The van der Waals surface area contributed by atoms with Crippen molar-refractivity contribution < 1.29 is 38.0 Å². The highest BCUT2D eigenvalue weighted by atomic mass is 28.2. The molecule has 0 aliphatic heterocycles. The van der Waals surface area contributed by atoms with Crippen LogP contribution in [0, 0.1) is 46.3 Å². The van der Waals surface area contributed by atoms with Gasteiger partial charge in [0, 0.05) is 67.4 Å². The number of nitrogens with one attached hydrogen (secondary N) is 2. The maximum atomic E-state index is 13.7. The summed E-state index contributed by atoms with van der Waals surface area (Å²) < 4.78 is 37.7. The van der Waals surface area contributed by atoms with E-state index in [2.05, 4.69) is 49.8 Å². The van der Waals surface area contributed by atoms with Gasteiger partial charge in [-0.15, -0.1) is 0 Å². The van der Waals surface area contributed by atoms with Gasteiger partial charge in [-0.05, 0) is 150 Å². The summed E-state index contributed by atoms with van der Waals surface area (Å²) in [6.45, 7) is 21.8. The summed E-state index contributed by atoms with van der Waals surface area (Å²) in [4.78, 5) is 27.7. The minimum absolute atomic E-state index is 0.0119. The fourth-order valence-electron chi connectivity index (χ4n) is 13.7. The Balaban J connectivity index is 1.29. The van der Waals surface area contributed by atoms with Crippen LogP contribution in [0.1, 0.15) is 163 Å². The second-order valence-corrected chi connectivity index (χ2v) is 24.3. The molecule has 15 heteroatoms. The second kappa shape index (κ2) is 35.8. The van der Waals surface area contributed by atoms with Gasteiger partial charge in [0.2, 0.25) is 5.91 Å². The number of nitrogens with two attached hydrogens (primary N) is 3. The zero-order valence-corrected chi connectivity index (χ0v) is 47.6. The third-order valence-corrected chi connectivity index (χ3v) is 18.9. The van der Waals surface area contributed by atoms with E-state index in [1.54, 1.807) is 0 Å². The highest BCUT2D eigenvalue weighted by Crippen LogP contribution is 2.69. The van der Waals surface area contributed by atoms with Crippen LogP contribution < -0.4 is 27.8 Å². The smallest absolute Gasteiger partial charge is 0.317 e. The average Bonchev–Trinajstić information content (AvgIpc) is 3.73. The molecule has 0 aromatic heterocycles. The molecule has 4 saturated carbocycles. The van der Waals surface area contributed by atoms with E-state index < -0.39 is 0 Å². The van der Waals surface area contributed by atoms with Crippen molar-refractivity contribution in [2.24, 2.45) is 63.5 Å². The van der Waals surface area contributed by atoms with E-state index in [4.69, 9.17) is 45.6 Å². The van der Waals surface area contributed by atoms with Gasteiger partial charge in [-0.3, -0.25) is 4.79 Å². The lowest BCUT2D eigenvalue weighted by Crippen LogP contribution is -2.63. The molecule has 0 radical (unpaired) electrons. The van der Waals surface area contributed by atoms with Crippen LogP contribution in [-0.4, -0.2) is 150 Å². The van der Waals surface area contributed by atoms with Crippen molar-refractivity contribution in [1.29, 1.82) is 0 Å². The number of hydrogen-bond donors (Lipinski definition) is 5. The molecule has 416 valence electrons. The van der Waals surface area contributed by atoms with Gasteiger partial charge in [0.1, 0.15) is 0 Å². The molecule has 14 nitrogen and oxygen atoms in total. The van der Waals surface area contributed by atoms with E-state index in [0.717, 1.165) is 110 Å². The standard InChI is InChI=1S/C56H110N6O8Si/c1-6-7-8-9-10-12-29-62(54(64)61-28-35-66-37-39-67-38-36-65-34-27-60-52(63)19-11-13-40-71-5)30-14-18-44(2)47-20-21-48-53-49(43-51(56(47,48)4)70-33-17-26-59)55(3)23-22-46(68-31-15-24-57)41-45(55)42-50(53)69-32-16-25-58/h44-51,53H,6-43,57-59,71H2,1-5H3,(H,60,63)(H,61,64)/t44-,45+,46-,47-,48+,49+,50-,51+,53+,55+,56-/m1/s1. The lowest BCUT2D eigenvalue weighted by molar-refractivity contribution is -0.227. The van der Waals surface area contributed by atoms with Crippen LogP contribution in [0.5, 0.6) is 0 Å². The van der Waals surface area contributed by atoms with Gasteiger partial charge in [-0.1, -0.05) is 78.8 Å². The summed E-state index contributed by atoms with van der Waals surface area (Å²) in [5, 5.41) is 6.10. The molecule has 0 bridgehead atoms. The van der Waals surface area contributed by atoms with Crippen molar-refractivity contribution in [3.8, 4) is 0 Å². The number of carbonyl (C=O) groups excluding carboxylic acids is 2. The SMILES string of the molecule is CCCCCCCCN(CCC[C@@H](C)[C@H]1CC[C@H]2[C@@H]3[C@H](OCCCN)C[C@@H]4C[C@H](OCCCN)CC[C@]4(C)[C@H]3C[C@H](OCCCN)[C@]12C)C(=O)NCCOCCOCCOCCNC(=O)CCCC[SiH2]C. The summed E-state index contributed by atoms with van der Waals surface area (Å²) >= 11 is 0. The van der Waals surface area contributed by atoms with Crippen molar-refractivity contribution in [2.75, 3.05) is 105 Å². The van der Waals surface area contributed by atoms with Crippen LogP contribution in [0.4, 0.5) is 4.79 Å². The maximum absolute atomic E-state index is 13.7. The maximum Gasteiger partial charge on any atom is 0.317 e. The quantitative estimate of drug-likeness (QED) is 0.0296. The van der Waals surface area contributed by atoms with Gasteiger partial charge >= 0.3 is 6.03 Å². The number of rotatable bonds is 41. The highest BCUT2D eigenvalue weighted by Gasteiger charge is 2.66. The first-order valence-corrected chi connectivity index (χ1v) is 32.0.